The fourth-order valence-electron chi connectivity index (χ4n) is 4.49. The molecule has 12 nitrogen and oxygen atoms in total. The molecule has 3 aromatic heterocycles. The lowest BCUT2D eigenvalue weighted by molar-refractivity contribution is -0.216. The number of piperazine rings is 1. The van der Waals surface area contributed by atoms with Crippen molar-refractivity contribution in [2.75, 3.05) is 24.6 Å². The van der Waals surface area contributed by atoms with Crippen LogP contribution in [0.5, 0.6) is 5.75 Å². The maximum atomic E-state index is 14.4. The molecule has 0 spiro atoms. The van der Waals surface area contributed by atoms with Crippen molar-refractivity contribution in [1.29, 1.82) is 0 Å². The Balaban J connectivity index is 1.45. The van der Waals surface area contributed by atoms with Gasteiger partial charge in [0.05, 0.1) is 18.7 Å². The van der Waals surface area contributed by atoms with E-state index in [0.29, 0.717) is 18.9 Å². The highest BCUT2D eigenvalue weighted by Crippen LogP contribution is 2.36. The SMILES string of the molecule is CCOC(=O)C(F)(F)Oc1ccc(-n2cccn2)n2nc(N3CC4CC(C3)N4C(=O)OC(C)(C)C)nc12. The lowest BCUT2D eigenvalue weighted by atomic mass is 9.88. The number of rotatable bonds is 6. The molecular weight excluding hydrogens is 492 g/mol. The van der Waals surface area contributed by atoms with E-state index < -0.39 is 17.7 Å². The van der Waals surface area contributed by atoms with Crippen LogP contribution in [-0.4, -0.2) is 84.8 Å². The van der Waals surface area contributed by atoms with Crippen molar-refractivity contribution in [2.24, 2.45) is 0 Å². The summed E-state index contributed by atoms with van der Waals surface area (Å²) in [4.78, 5) is 32.4. The lowest BCUT2D eigenvalue weighted by Gasteiger charge is -2.55. The molecule has 37 heavy (non-hydrogen) atoms. The Kier molecular flexibility index (Phi) is 5.91. The van der Waals surface area contributed by atoms with E-state index >= 15 is 0 Å². The van der Waals surface area contributed by atoms with Crippen molar-refractivity contribution in [2.45, 2.75) is 57.9 Å². The molecule has 3 saturated heterocycles. The zero-order valence-electron chi connectivity index (χ0n) is 20.8. The number of halogens is 2. The summed E-state index contributed by atoms with van der Waals surface area (Å²) in [5.41, 5.74) is -0.635. The lowest BCUT2D eigenvalue weighted by Crippen LogP contribution is -2.70. The largest absolute Gasteiger partial charge is 0.502 e. The van der Waals surface area contributed by atoms with E-state index in [1.54, 1.807) is 23.4 Å². The molecule has 3 aliphatic rings. The van der Waals surface area contributed by atoms with Gasteiger partial charge in [0.2, 0.25) is 11.6 Å². The normalized spacial score (nSPS) is 19.5. The summed E-state index contributed by atoms with van der Waals surface area (Å²) in [5.74, 6) is -1.47. The third kappa shape index (κ3) is 4.62. The number of anilines is 1. The number of aromatic nitrogens is 5. The second kappa shape index (κ2) is 8.85. The Morgan fingerprint density at radius 3 is 2.51 bits per heavy atom. The summed E-state index contributed by atoms with van der Waals surface area (Å²) in [6.45, 7) is 7.53. The second-order valence-corrected chi connectivity index (χ2v) is 9.83. The molecule has 2 unspecified atom stereocenters. The number of carbonyl (C=O) groups excluding carboxylic acids is 2. The van der Waals surface area contributed by atoms with Gasteiger partial charge in [-0.05, 0) is 52.3 Å². The third-order valence-corrected chi connectivity index (χ3v) is 5.99. The predicted molar refractivity (Wildman–Crippen MR) is 125 cm³/mol. The highest BCUT2D eigenvalue weighted by Gasteiger charge is 2.50. The van der Waals surface area contributed by atoms with Crippen molar-refractivity contribution in [3.05, 3.63) is 30.6 Å². The van der Waals surface area contributed by atoms with Gasteiger partial charge in [0, 0.05) is 25.5 Å². The molecule has 0 aromatic carbocycles. The van der Waals surface area contributed by atoms with E-state index in [1.807, 2.05) is 25.7 Å². The number of alkyl halides is 2. The predicted octanol–water partition coefficient (Wildman–Crippen LogP) is 2.65. The average Bonchev–Trinajstić information content (AvgIpc) is 3.49. The number of fused-ring (bicyclic) bond motifs is 3. The standard InChI is InChI=1S/C23H27F2N7O5/c1-5-35-19(33)23(24,25)36-16-7-8-17(30-10-6-9-26-30)32-18(16)27-20(28-32)29-12-14-11-15(13-29)31(14)21(34)37-22(2,3)4/h6-10,14-15H,5,11-13H2,1-4H3. The second-order valence-electron chi connectivity index (χ2n) is 9.83. The third-order valence-electron chi connectivity index (χ3n) is 5.99. The zero-order chi connectivity index (χ0) is 26.5. The molecule has 0 aliphatic carbocycles. The summed E-state index contributed by atoms with van der Waals surface area (Å²) in [6, 6.07) is 4.28. The molecule has 6 rings (SSSR count). The van der Waals surface area contributed by atoms with E-state index in [-0.39, 0.29) is 42.1 Å². The van der Waals surface area contributed by atoms with E-state index in [2.05, 4.69) is 19.9 Å². The number of hydrogen-bond acceptors (Lipinski definition) is 9. The minimum absolute atomic E-state index is 0.0322. The minimum atomic E-state index is -4.23. The van der Waals surface area contributed by atoms with Gasteiger partial charge in [0.15, 0.2) is 11.6 Å². The van der Waals surface area contributed by atoms with Crippen LogP contribution in [0, 0.1) is 0 Å². The van der Waals surface area contributed by atoms with Crippen molar-refractivity contribution >= 4 is 23.7 Å². The van der Waals surface area contributed by atoms with Crippen LogP contribution in [0.15, 0.2) is 30.6 Å². The van der Waals surface area contributed by atoms with E-state index in [0.717, 1.165) is 6.42 Å². The van der Waals surface area contributed by atoms with Gasteiger partial charge in [-0.25, -0.2) is 14.3 Å². The molecule has 2 atom stereocenters. The molecule has 1 amide bonds. The van der Waals surface area contributed by atoms with Crippen LogP contribution < -0.4 is 9.64 Å². The monoisotopic (exact) mass is 519 g/mol. The summed E-state index contributed by atoms with van der Waals surface area (Å²) in [6.07, 6.45) is -0.544. The fraction of sp³-hybridized carbons (Fsp3) is 0.522. The summed E-state index contributed by atoms with van der Waals surface area (Å²) in [7, 11) is 0. The molecular formula is C23H27F2N7O5. The first-order valence-electron chi connectivity index (χ1n) is 11.9. The van der Waals surface area contributed by atoms with Crippen molar-refractivity contribution in [1.82, 2.24) is 29.3 Å². The number of ether oxygens (including phenoxy) is 3. The van der Waals surface area contributed by atoms with Gasteiger partial charge in [0.1, 0.15) is 5.60 Å². The van der Waals surface area contributed by atoms with E-state index in [4.69, 9.17) is 9.47 Å². The molecule has 14 heteroatoms. The molecule has 0 saturated carbocycles. The molecule has 2 bridgehead atoms. The van der Waals surface area contributed by atoms with Gasteiger partial charge in [-0.3, -0.25) is 4.90 Å². The minimum Gasteiger partial charge on any atom is -0.459 e. The number of amides is 1. The van der Waals surface area contributed by atoms with E-state index in [1.165, 1.54) is 28.3 Å². The van der Waals surface area contributed by atoms with Gasteiger partial charge < -0.3 is 19.1 Å². The molecule has 0 radical (unpaired) electrons. The smallest absolute Gasteiger partial charge is 0.459 e. The Hall–Kier alpha value is -3.97. The Bertz CT molecular complexity index is 1310. The molecule has 3 aliphatic heterocycles. The van der Waals surface area contributed by atoms with Crippen LogP contribution >= 0.6 is 0 Å². The van der Waals surface area contributed by atoms with Crippen LogP contribution in [0.1, 0.15) is 34.1 Å². The highest BCUT2D eigenvalue weighted by molar-refractivity contribution is 5.77. The van der Waals surface area contributed by atoms with Crippen LogP contribution in [0.2, 0.25) is 0 Å². The van der Waals surface area contributed by atoms with Gasteiger partial charge in [-0.15, -0.1) is 5.10 Å². The number of carbonyl (C=O) groups is 2. The first kappa shape index (κ1) is 24.7. The van der Waals surface area contributed by atoms with Gasteiger partial charge in [-0.1, -0.05) is 0 Å². The number of nitrogens with zero attached hydrogens (tertiary/aromatic N) is 7. The maximum absolute atomic E-state index is 14.4. The molecule has 3 fully saturated rings. The molecule has 6 heterocycles. The number of pyridine rings is 1. The highest BCUT2D eigenvalue weighted by atomic mass is 19.3. The van der Waals surface area contributed by atoms with Crippen LogP contribution in [0.3, 0.4) is 0 Å². The molecule has 0 N–H and O–H groups in total. The number of piperidine rings is 1. The number of hydrogen-bond donors (Lipinski definition) is 0. The summed E-state index contributed by atoms with van der Waals surface area (Å²) < 4.78 is 46.4. The van der Waals surface area contributed by atoms with Crippen LogP contribution in [0.4, 0.5) is 19.5 Å². The average molecular weight is 520 g/mol. The maximum Gasteiger partial charge on any atom is 0.502 e. The first-order valence-corrected chi connectivity index (χ1v) is 11.9. The quantitative estimate of drug-likeness (QED) is 0.453. The van der Waals surface area contributed by atoms with Crippen molar-refractivity contribution < 1.29 is 32.6 Å². The summed E-state index contributed by atoms with van der Waals surface area (Å²) >= 11 is 0. The van der Waals surface area contributed by atoms with E-state index in [9.17, 15) is 18.4 Å². The fourth-order valence-corrected chi connectivity index (χ4v) is 4.49. The summed E-state index contributed by atoms with van der Waals surface area (Å²) in [5, 5.41) is 8.73. The molecule has 198 valence electrons. The van der Waals surface area contributed by atoms with Crippen molar-refractivity contribution in [3.63, 3.8) is 0 Å². The van der Waals surface area contributed by atoms with Crippen LogP contribution in [-0.2, 0) is 14.3 Å². The zero-order valence-corrected chi connectivity index (χ0v) is 20.8. The topological polar surface area (TPSA) is 116 Å². The van der Waals surface area contributed by atoms with Gasteiger partial charge in [-0.2, -0.15) is 23.4 Å². The number of esters is 1. The Morgan fingerprint density at radius 2 is 1.89 bits per heavy atom. The van der Waals surface area contributed by atoms with Gasteiger partial charge in [0.25, 0.3) is 0 Å². The van der Waals surface area contributed by atoms with Crippen LogP contribution in [0.25, 0.3) is 11.5 Å². The van der Waals surface area contributed by atoms with Gasteiger partial charge >= 0.3 is 18.2 Å². The van der Waals surface area contributed by atoms with Crippen molar-refractivity contribution in [3.8, 4) is 11.6 Å². The Labute approximate surface area is 210 Å². The first-order chi connectivity index (χ1) is 17.5. The molecule has 3 aromatic rings. The Morgan fingerprint density at radius 1 is 1.16 bits per heavy atom.